The van der Waals surface area contributed by atoms with Crippen molar-refractivity contribution in [2.24, 2.45) is 11.8 Å². The van der Waals surface area contributed by atoms with E-state index in [2.05, 4.69) is 15.3 Å². The lowest BCUT2D eigenvalue weighted by Crippen LogP contribution is -2.42. The number of nitrogens with one attached hydrogen (secondary N) is 2. The smallest absolute Gasteiger partial charge is 0.312 e. The van der Waals surface area contributed by atoms with Gasteiger partial charge in [-0.15, -0.1) is 0 Å². The van der Waals surface area contributed by atoms with Gasteiger partial charge < -0.3 is 25.3 Å². The molecule has 4 N–H and O–H groups in total. The van der Waals surface area contributed by atoms with Gasteiger partial charge in [0.05, 0.1) is 31.7 Å². The predicted octanol–water partition coefficient (Wildman–Crippen LogP) is 0.630. The molecule has 0 fully saturated rings. The Labute approximate surface area is 162 Å². The summed E-state index contributed by atoms with van der Waals surface area (Å²) in [7, 11) is 0. The average Bonchev–Trinajstić information content (AvgIpc) is 3.03. The van der Waals surface area contributed by atoms with Crippen LogP contribution in [0, 0.1) is 11.8 Å². The number of carbonyl (C=O) groups is 2. The van der Waals surface area contributed by atoms with Crippen LogP contribution in [0.1, 0.15) is 34.1 Å². The SMILES string of the molecule is CC(C)C(=O)OCCCOC(OC(=O)C(C)C)N1CNc2c1nc(N)[nH]c2=O. The highest BCUT2D eigenvalue weighted by molar-refractivity contribution is 5.74. The number of nitrogens with two attached hydrogens (primary N) is 1. The first-order chi connectivity index (χ1) is 13.2. The topological polar surface area (TPSA) is 149 Å². The van der Waals surface area contributed by atoms with Gasteiger partial charge in [0.1, 0.15) is 5.69 Å². The Bertz CT molecular complexity index is 763. The van der Waals surface area contributed by atoms with Crippen LogP contribution in [0.3, 0.4) is 0 Å². The van der Waals surface area contributed by atoms with Crippen molar-refractivity contribution in [1.29, 1.82) is 0 Å². The first-order valence-electron chi connectivity index (χ1n) is 9.09. The number of hydrogen-bond donors (Lipinski definition) is 3. The van der Waals surface area contributed by atoms with Gasteiger partial charge in [-0.1, -0.05) is 27.7 Å². The third kappa shape index (κ3) is 5.35. The second-order valence-corrected chi connectivity index (χ2v) is 6.90. The summed E-state index contributed by atoms with van der Waals surface area (Å²) in [5.74, 6) is -1.17. The van der Waals surface area contributed by atoms with Gasteiger partial charge in [0.2, 0.25) is 5.95 Å². The summed E-state index contributed by atoms with van der Waals surface area (Å²) in [6, 6.07) is 0. The number of nitrogens with zero attached hydrogens (tertiary/aromatic N) is 2. The number of esters is 2. The molecule has 0 spiro atoms. The first-order valence-corrected chi connectivity index (χ1v) is 9.09. The van der Waals surface area contributed by atoms with Gasteiger partial charge in [0, 0.05) is 6.42 Å². The minimum atomic E-state index is -1.11. The van der Waals surface area contributed by atoms with Crippen LogP contribution >= 0.6 is 0 Å². The Morgan fingerprint density at radius 3 is 2.50 bits per heavy atom. The third-order valence-corrected chi connectivity index (χ3v) is 3.82. The molecule has 1 atom stereocenters. The second-order valence-electron chi connectivity index (χ2n) is 6.90. The van der Waals surface area contributed by atoms with Crippen molar-refractivity contribution in [3.05, 3.63) is 10.4 Å². The number of fused-ring (bicyclic) bond motifs is 1. The fourth-order valence-electron chi connectivity index (χ4n) is 2.26. The number of hydrogen-bond acceptors (Lipinski definition) is 10. The zero-order valence-electron chi connectivity index (χ0n) is 16.5. The molecule has 156 valence electrons. The Kier molecular flexibility index (Phi) is 7.21. The number of ether oxygens (including phenoxy) is 3. The highest BCUT2D eigenvalue weighted by atomic mass is 16.7. The Hall–Kier alpha value is -2.82. The van der Waals surface area contributed by atoms with Gasteiger partial charge in [0.25, 0.3) is 12.0 Å². The highest BCUT2D eigenvalue weighted by Gasteiger charge is 2.33. The zero-order chi connectivity index (χ0) is 20.8. The summed E-state index contributed by atoms with van der Waals surface area (Å²) >= 11 is 0. The summed E-state index contributed by atoms with van der Waals surface area (Å²) in [4.78, 5) is 43.5. The molecule has 2 rings (SSSR count). The van der Waals surface area contributed by atoms with Crippen molar-refractivity contribution < 1.29 is 23.8 Å². The lowest BCUT2D eigenvalue weighted by molar-refractivity contribution is -0.182. The summed E-state index contributed by atoms with van der Waals surface area (Å²) in [6.07, 6.45) is -0.703. The summed E-state index contributed by atoms with van der Waals surface area (Å²) < 4.78 is 16.2. The summed E-state index contributed by atoms with van der Waals surface area (Å²) in [5.41, 5.74) is 5.40. The predicted molar refractivity (Wildman–Crippen MR) is 101 cm³/mol. The van der Waals surface area contributed by atoms with E-state index in [1.165, 1.54) is 4.90 Å². The largest absolute Gasteiger partial charge is 0.465 e. The molecule has 11 nitrogen and oxygen atoms in total. The number of H-pyrrole nitrogens is 1. The minimum Gasteiger partial charge on any atom is -0.465 e. The molecule has 0 bridgehead atoms. The van der Waals surface area contributed by atoms with Crippen LogP contribution < -0.4 is 21.5 Å². The monoisotopic (exact) mass is 397 g/mol. The molecule has 0 amide bonds. The molecule has 0 radical (unpaired) electrons. The van der Waals surface area contributed by atoms with Gasteiger partial charge in [0.15, 0.2) is 5.82 Å². The quantitative estimate of drug-likeness (QED) is 0.308. The third-order valence-electron chi connectivity index (χ3n) is 3.82. The number of nitrogen functional groups attached to an aromatic ring is 1. The molecule has 0 saturated heterocycles. The Morgan fingerprint density at radius 1 is 1.18 bits per heavy atom. The van der Waals surface area contributed by atoms with Gasteiger partial charge >= 0.3 is 11.9 Å². The molecular weight excluding hydrogens is 370 g/mol. The van der Waals surface area contributed by atoms with E-state index in [-0.39, 0.29) is 55.1 Å². The molecule has 1 aliphatic heterocycles. The maximum absolute atomic E-state index is 12.1. The Morgan fingerprint density at radius 2 is 1.86 bits per heavy atom. The molecule has 1 aromatic rings. The van der Waals surface area contributed by atoms with E-state index < -0.39 is 17.9 Å². The molecular formula is C17H27N5O6. The van der Waals surface area contributed by atoms with Crippen molar-refractivity contribution in [3.8, 4) is 0 Å². The molecule has 1 aromatic heterocycles. The molecule has 0 saturated carbocycles. The number of rotatable bonds is 9. The summed E-state index contributed by atoms with van der Waals surface area (Å²) in [5, 5.41) is 2.88. The summed E-state index contributed by atoms with van der Waals surface area (Å²) in [6.45, 7) is 7.38. The van der Waals surface area contributed by atoms with Crippen molar-refractivity contribution >= 4 is 29.4 Å². The van der Waals surface area contributed by atoms with Gasteiger partial charge in [-0.25, -0.2) is 0 Å². The fraction of sp³-hybridized carbons (Fsp3) is 0.647. The molecule has 1 aliphatic rings. The van der Waals surface area contributed by atoms with E-state index in [0.717, 1.165) is 0 Å². The maximum Gasteiger partial charge on any atom is 0.312 e. The lowest BCUT2D eigenvalue weighted by atomic mass is 10.2. The number of aromatic nitrogens is 2. The lowest BCUT2D eigenvalue weighted by Gasteiger charge is -2.28. The molecule has 1 unspecified atom stereocenters. The van der Waals surface area contributed by atoms with Crippen molar-refractivity contribution in [3.63, 3.8) is 0 Å². The standard InChI is InChI=1S/C17H27N5O6/c1-9(2)14(24)26-6-5-7-27-17(28-15(25)10(3)4)22-8-19-11-12(22)20-16(18)21-13(11)23/h9-10,17,19H,5-8H2,1-4H3,(H3,18,20,21,23). The van der Waals surface area contributed by atoms with Crippen molar-refractivity contribution in [1.82, 2.24) is 9.97 Å². The number of aromatic amines is 1. The van der Waals surface area contributed by atoms with E-state index in [0.29, 0.717) is 6.42 Å². The Balaban J connectivity index is 2.04. The second kappa shape index (κ2) is 9.40. The molecule has 0 aromatic carbocycles. The van der Waals surface area contributed by atoms with Crippen LogP contribution in [0.25, 0.3) is 0 Å². The maximum atomic E-state index is 12.1. The van der Waals surface area contributed by atoms with Crippen LogP contribution in [-0.4, -0.2) is 48.2 Å². The van der Waals surface area contributed by atoms with Crippen LogP contribution in [0.4, 0.5) is 17.5 Å². The van der Waals surface area contributed by atoms with Gasteiger partial charge in [-0.3, -0.25) is 24.3 Å². The normalized spacial score (nSPS) is 14.0. The zero-order valence-corrected chi connectivity index (χ0v) is 16.5. The van der Waals surface area contributed by atoms with Crippen LogP contribution in [0.15, 0.2) is 4.79 Å². The van der Waals surface area contributed by atoms with E-state index in [9.17, 15) is 14.4 Å². The van der Waals surface area contributed by atoms with Crippen molar-refractivity contribution in [2.75, 3.05) is 35.8 Å². The number of anilines is 3. The van der Waals surface area contributed by atoms with Crippen LogP contribution in [0.2, 0.25) is 0 Å². The van der Waals surface area contributed by atoms with Crippen LogP contribution in [-0.2, 0) is 23.8 Å². The number of carbonyl (C=O) groups excluding carboxylic acids is 2. The molecule has 28 heavy (non-hydrogen) atoms. The van der Waals surface area contributed by atoms with E-state index in [4.69, 9.17) is 19.9 Å². The molecule has 2 heterocycles. The first kappa shape index (κ1) is 21.5. The highest BCUT2D eigenvalue weighted by Crippen LogP contribution is 2.28. The average molecular weight is 397 g/mol. The fourth-order valence-corrected chi connectivity index (χ4v) is 2.26. The van der Waals surface area contributed by atoms with E-state index in [1.807, 2.05) is 0 Å². The van der Waals surface area contributed by atoms with E-state index >= 15 is 0 Å². The van der Waals surface area contributed by atoms with Gasteiger partial charge in [-0.2, -0.15) is 4.98 Å². The molecule has 11 heteroatoms. The van der Waals surface area contributed by atoms with Gasteiger partial charge in [-0.05, 0) is 0 Å². The van der Waals surface area contributed by atoms with E-state index in [1.54, 1.807) is 27.7 Å². The minimum absolute atomic E-state index is 0.0630. The molecule has 0 aliphatic carbocycles. The van der Waals surface area contributed by atoms with Crippen molar-refractivity contribution in [2.45, 2.75) is 40.5 Å². The van der Waals surface area contributed by atoms with Crippen LogP contribution in [0.5, 0.6) is 0 Å².